The van der Waals surface area contributed by atoms with Gasteiger partial charge in [0.25, 0.3) is 0 Å². The van der Waals surface area contributed by atoms with Crippen LogP contribution in [0, 0.1) is 0 Å². The summed E-state index contributed by atoms with van der Waals surface area (Å²) in [6, 6.07) is 8.51. The van der Waals surface area contributed by atoms with Crippen LogP contribution in [-0.4, -0.2) is 29.9 Å². The van der Waals surface area contributed by atoms with E-state index in [0.717, 1.165) is 24.3 Å². The van der Waals surface area contributed by atoms with Crippen molar-refractivity contribution in [1.29, 1.82) is 0 Å². The van der Waals surface area contributed by atoms with Crippen LogP contribution in [0.3, 0.4) is 0 Å². The SMILES string of the molecule is CCC(=O)Nc1ccc(C(Cl)CN2CCCCC2C)cc1. The van der Waals surface area contributed by atoms with Gasteiger partial charge in [-0.2, -0.15) is 0 Å². The average Bonchev–Trinajstić information content (AvgIpc) is 2.50. The molecule has 1 fully saturated rings. The highest BCUT2D eigenvalue weighted by Gasteiger charge is 2.21. The van der Waals surface area contributed by atoms with Gasteiger partial charge in [0.05, 0.1) is 5.38 Å². The van der Waals surface area contributed by atoms with Crippen molar-refractivity contribution < 1.29 is 4.79 Å². The molecule has 116 valence electrons. The molecule has 0 radical (unpaired) electrons. The molecule has 0 aromatic heterocycles. The van der Waals surface area contributed by atoms with Crippen molar-refractivity contribution >= 4 is 23.2 Å². The molecule has 2 atom stereocenters. The molecule has 1 heterocycles. The number of piperidine rings is 1. The molecule has 21 heavy (non-hydrogen) atoms. The number of anilines is 1. The molecule has 1 aliphatic heterocycles. The number of carbonyl (C=O) groups is 1. The standard InChI is InChI=1S/C17H25ClN2O/c1-3-17(21)19-15-9-7-14(8-10-15)16(18)12-20-11-5-4-6-13(20)2/h7-10,13,16H,3-6,11-12H2,1-2H3,(H,19,21). The van der Waals surface area contributed by atoms with E-state index < -0.39 is 0 Å². The highest BCUT2D eigenvalue weighted by atomic mass is 35.5. The molecule has 0 saturated carbocycles. The number of carbonyl (C=O) groups excluding carboxylic acids is 1. The van der Waals surface area contributed by atoms with Crippen molar-refractivity contribution in [2.75, 3.05) is 18.4 Å². The van der Waals surface area contributed by atoms with E-state index >= 15 is 0 Å². The molecule has 1 aliphatic rings. The maximum atomic E-state index is 11.4. The lowest BCUT2D eigenvalue weighted by atomic mass is 10.0. The average molecular weight is 309 g/mol. The Bertz CT molecular complexity index is 460. The monoisotopic (exact) mass is 308 g/mol. The predicted octanol–water partition coefficient (Wildman–Crippen LogP) is 4.19. The van der Waals surface area contributed by atoms with E-state index in [1.165, 1.54) is 19.3 Å². The second kappa shape index (κ2) is 7.81. The van der Waals surface area contributed by atoms with E-state index in [4.69, 9.17) is 11.6 Å². The largest absolute Gasteiger partial charge is 0.326 e. The van der Waals surface area contributed by atoms with Gasteiger partial charge in [0.2, 0.25) is 5.91 Å². The zero-order valence-electron chi connectivity index (χ0n) is 12.9. The van der Waals surface area contributed by atoms with E-state index in [2.05, 4.69) is 17.1 Å². The van der Waals surface area contributed by atoms with Gasteiger partial charge in [0.15, 0.2) is 0 Å². The summed E-state index contributed by atoms with van der Waals surface area (Å²) >= 11 is 6.56. The highest BCUT2D eigenvalue weighted by Crippen LogP contribution is 2.26. The minimum Gasteiger partial charge on any atom is -0.326 e. The second-order valence-electron chi connectivity index (χ2n) is 5.83. The molecular weight excluding hydrogens is 284 g/mol. The molecule has 1 saturated heterocycles. The van der Waals surface area contributed by atoms with Crippen molar-refractivity contribution in [2.45, 2.75) is 50.9 Å². The third-order valence-electron chi connectivity index (χ3n) is 4.21. The number of hydrogen-bond acceptors (Lipinski definition) is 2. The quantitative estimate of drug-likeness (QED) is 0.827. The Labute approximate surface area is 132 Å². The van der Waals surface area contributed by atoms with Crippen LogP contribution >= 0.6 is 11.6 Å². The molecule has 0 aliphatic carbocycles. The van der Waals surface area contributed by atoms with Gasteiger partial charge in [0.1, 0.15) is 0 Å². The van der Waals surface area contributed by atoms with E-state index in [9.17, 15) is 4.79 Å². The number of halogens is 1. The van der Waals surface area contributed by atoms with Crippen LogP contribution in [0.25, 0.3) is 0 Å². The first kappa shape index (κ1) is 16.3. The summed E-state index contributed by atoms with van der Waals surface area (Å²) in [6.45, 7) is 6.17. The van der Waals surface area contributed by atoms with E-state index in [0.29, 0.717) is 12.5 Å². The maximum Gasteiger partial charge on any atom is 0.224 e. The van der Waals surface area contributed by atoms with Crippen molar-refractivity contribution in [3.05, 3.63) is 29.8 Å². The maximum absolute atomic E-state index is 11.4. The van der Waals surface area contributed by atoms with Gasteiger partial charge in [0, 0.05) is 24.7 Å². The lowest BCUT2D eigenvalue weighted by Crippen LogP contribution is -2.39. The zero-order chi connectivity index (χ0) is 15.2. The lowest BCUT2D eigenvalue weighted by molar-refractivity contribution is -0.115. The van der Waals surface area contributed by atoms with E-state index in [-0.39, 0.29) is 11.3 Å². The number of alkyl halides is 1. The number of nitrogens with zero attached hydrogens (tertiary/aromatic N) is 1. The third kappa shape index (κ3) is 4.72. The second-order valence-corrected chi connectivity index (χ2v) is 6.36. The number of hydrogen-bond donors (Lipinski definition) is 1. The van der Waals surface area contributed by atoms with Crippen LogP contribution < -0.4 is 5.32 Å². The molecule has 0 spiro atoms. The number of likely N-dealkylation sites (tertiary alicyclic amines) is 1. The smallest absolute Gasteiger partial charge is 0.224 e. The zero-order valence-corrected chi connectivity index (χ0v) is 13.7. The van der Waals surface area contributed by atoms with Crippen molar-refractivity contribution in [3.8, 4) is 0 Å². The van der Waals surface area contributed by atoms with Crippen LogP contribution in [0.2, 0.25) is 0 Å². The van der Waals surface area contributed by atoms with E-state index in [1.807, 2.05) is 31.2 Å². The summed E-state index contributed by atoms with van der Waals surface area (Å²) in [4.78, 5) is 13.8. The lowest BCUT2D eigenvalue weighted by Gasteiger charge is -2.34. The van der Waals surface area contributed by atoms with Crippen LogP contribution in [-0.2, 0) is 4.79 Å². The van der Waals surface area contributed by atoms with Gasteiger partial charge in [-0.25, -0.2) is 0 Å². The molecule has 1 amide bonds. The van der Waals surface area contributed by atoms with Crippen molar-refractivity contribution in [3.63, 3.8) is 0 Å². The summed E-state index contributed by atoms with van der Waals surface area (Å²) in [6.07, 6.45) is 4.37. The minimum absolute atomic E-state index is 0.00137. The Morgan fingerprint density at radius 3 is 2.71 bits per heavy atom. The minimum atomic E-state index is 0.00137. The van der Waals surface area contributed by atoms with Gasteiger partial charge in [-0.1, -0.05) is 25.5 Å². The molecular formula is C17H25ClN2O. The molecule has 2 rings (SSSR count). The molecule has 1 N–H and O–H groups in total. The fraction of sp³-hybridized carbons (Fsp3) is 0.588. The topological polar surface area (TPSA) is 32.3 Å². The Morgan fingerprint density at radius 1 is 1.38 bits per heavy atom. The number of nitrogens with one attached hydrogen (secondary N) is 1. The summed E-state index contributed by atoms with van der Waals surface area (Å²) in [7, 11) is 0. The van der Waals surface area contributed by atoms with Crippen LogP contribution in [0.1, 0.15) is 50.5 Å². The number of amides is 1. The Morgan fingerprint density at radius 2 is 2.10 bits per heavy atom. The Hall–Kier alpha value is -1.06. The molecule has 2 unspecified atom stereocenters. The first-order valence-electron chi connectivity index (χ1n) is 7.88. The van der Waals surface area contributed by atoms with Gasteiger partial charge in [-0.15, -0.1) is 11.6 Å². The van der Waals surface area contributed by atoms with Crippen molar-refractivity contribution in [1.82, 2.24) is 4.90 Å². The fourth-order valence-electron chi connectivity index (χ4n) is 2.76. The molecule has 3 nitrogen and oxygen atoms in total. The highest BCUT2D eigenvalue weighted by molar-refractivity contribution is 6.21. The van der Waals surface area contributed by atoms with Gasteiger partial charge in [-0.05, 0) is 44.0 Å². The third-order valence-corrected chi connectivity index (χ3v) is 4.60. The molecule has 0 bridgehead atoms. The summed E-state index contributed by atoms with van der Waals surface area (Å²) in [5.41, 5.74) is 1.95. The van der Waals surface area contributed by atoms with E-state index in [1.54, 1.807) is 0 Å². The summed E-state index contributed by atoms with van der Waals surface area (Å²) < 4.78 is 0. The van der Waals surface area contributed by atoms with Gasteiger partial charge >= 0.3 is 0 Å². The normalized spacial score (nSPS) is 21.0. The molecule has 1 aromatic rings. The van der Waals surface area contributed by atoms with Gasteiger partial charge < -0.3 is 5.32 Å². The summed E-state index contributed by atoms with van der Waals surface area (Å²) in [5, 5.41) is 2.86. The predicted molar refractivity (Wildman–Crippen MR) is 88.8 cm³/mol. The Kier molecular flexibility index (Phi) is 6.07. The first-order chi connectivity index (χ1) is 10.1. The van der Waals surface area contributed by atoms with Gasteiger partial charge in [-0.3, -0.25) is 9.69 Å². The number of benzene rings is 1. The van der Waals surface area contributed by atoms with Crippen LogP contribution in [0.5, 0.6) is 0 Å². The molecule has 4 heteroatoms. The van der Waals surface area contributed by atoms with Crippen molar-refractivity contribution in [2.24, 2.45) is 0 Å². The Balaban J connectivity index is 1.93. The first-order valence-corrected chi connectivity index (χ1v) is 8.31. The number of rotatable bonds is 5. The fourth-order valence-corrected chi connectivity index (χ4v) is 3.09. The summed E-state index contributed by atoms with van der Waals surface area (Å²) in [5.74, 6) is 0.0346. The van der Waals surface area contributed by atoms with Crippen LogP contribution in [0.15, 0.2) is 24.3 Å². The van der Waals surface area contributed by atoms with Crippen LogP contribution in [0.4, 0.5) is 5.69 Å². The molecule has 1 aromatic carbocycles.